The number of aryl methyl sites for hydroxylation is 1. The van der Waals surface area contributed by atoms with E-state index in [1.165, 1.54) is 11.8 Å². The average Bonchev–Trinajstić information content (AvgIpc) is 3.17. The summed E-state index contributed by atoms with van der Waals surface area (Å²) in [4.78, 5) is 22.7. The second kappa shape index (κ2) is 10.1. The molecule has 0 aliphatic rings. The Morgan fingerprint density at radius 2 is 1.97 bits per heavy atom. The summed E-state index contributed by atoms with van der Waals surface area (Å²) in [6.07, 6.45) is 0.906. The number of benzene rings is 2. The minimum absolute atomic E-state index is 0.000172. The minimum Gasteiger partial charge on any atom is -0.496 e. The van der Waals surface area contributed by atoms with Gasteiger partial charge in [0.1, 0.15) is 11.5 Å². The number of methoxy groups -OCH3 is 1. The summed E-state index contributed by atoms with van der Waals surface area (Å²) in [5.41, 5.74) is 2.31. The number of nitrogens with zero attached hydrogens (tertiary/aromatic N) is 3. The Morgan fingerprint density at radius 1 is 1.18 bits per heavy atom. The molecule has 0 fully saturated rings. The van der Waals surface area contributed by atoms with Gasteiger partial charge in [-0.2, -0.15) is 0 Å². The van der Waals surface area contributed by atoms with Gasteiger partial charge < -0.3 is 9.15 Å². The van der Waals surface area contributed by atoms with Gasteiger partial charge in [0.2, 0.25) is 5.89 Å². The molecule has 0 aliphatic heterocycles. The van der Waals surface area contributed by atoms with E-state index in [0.717, 1.165) is 27.9 Å². The first-order valence-corrected chi connectivity index (χ1v) is 12.6. The molecular weight excluding hydrogens is 502 g/mol. The Bertz CT molecular complexity index is 1350. The van der Waals surface area contributed by atoms with Crippen LogP contribution in [0.4, 0.5) is 0 Å². The number of halogens is 1. The molecule has 0 radical (unpaired) electrons. The van der Waals surface area contributed by atoms with Crippen LogP contribution < -0.4 is 10.3 Å². The number of para-hydroxylation sites is 1. The summed E-state index contributed by atoms with van der Waals surface area (Å²) in [5, 5.41) is 1.34. The molecule has 4 aromatic rings. The van der Waals surface area contributed by atoms with Gasteiger partial charge in [0.15, 0.2) is 5.16 Å². The van der Waals surface area contributed by atoms with E-state index in [9.17, 15) is 4.79 Å². The fraction of sp³-hybridized carbons (Fsp3) is 0.320. The second-order valence-electron chi connectivity index (χ2n) is 8.21. The number of fused-ring (bicyclic) bond motifs is 1. The zero-order valence-electron chi connectivity index (χ0n) is 19.1. The van der Waals surface area contributed by atoms with E-state index < -0.39 is 0 Å². The van der Waals surface area contributed by atoms with Gasteiger partial charge in [-0.05, 0) is 49.6 Å². The van der Waals surface area contributed by atoms with Gasteiger partial charge in [0, 0.05) is 16.8 Å². The molecular formula is C25H26BrN3O3S. The lowest BCUT2D eigenvalue weighted by atomic mass is 10.1. The quantitative estimate of drug-likeness (QED) is 0.193. The molecule has 2 aromatic heterocycles. The van der Waals surface area contributed by atoms with Crippen molar-refractivity contribution in [2.24, 2.45) is 5.92 Å². The van der Waals surface area contributed by atoms with Crippen molar-refractivity contribution in [3.05, 3.63) is 68.7 Å². The molecule has 33 heavy (non-hydrogen) atoms. The first kappa shape index (κ1) is 23.6. The summed E-state index contributed by atoms with van der Waals surface area (Å²) in [7, 11) is 1.63. The standard InChI is InChI=1S/C25H26BrN3O3S/c1-15(2)11-12-29-24(30)18-7-5-6-8-20(18)28-25(29)33-14-21-16(3)32-23(27-21)19-13-17(26)9-10-22(19)31-4/h5-10,13,15H,11-12,14H2,1-4H3. The minimum atomic E-state index is 0.000172. The Hall–Kier alpha value is -2.58. The van der Waals surface area contributed by atoms with Crippen LogP contribution in [0.3, 0.4) is 0 Å². The SMILES string of the molecule is COc1ccc(Br)cc1-c1nc(CSc2nc3ccccc3c(=O)n2CCC(C)C)c(C)o1. The van der Waals surface area contributed by atoms with E-state index in [0.29, 0.717) is 45.9 Å². The Kier molecular flexibility index (Phi) is 7.24. The molecule has 0 unspecified atom stereocenters. The molecule has 172 valence electrons. The summed E-state index contributed by atoms with van der Waals surface area (Å²) >= 11 is 5.00. The average molecular weight is 528 g/mol. The van der Waals surface area contributed by atoms with Crippen LogP contribution in [0.5, 0.6) is 5.75 Å². The van der Waals surface area contributed by atoms with Crippen LogP contribution in [-0.4, -0.2) is 21.6 Å². The number of rotatable bonds is 8. The Balaban J connectivity index is 1.66. The fourth-order valence-corrected chi connectivity index (χ4v) is 4.89. The normalized spacial score (nSPS) is 11.5. The van der Waals surface area contributed by atoms with Crippen molar-refractivity contribution in [2.75, 3.05) is 7.11 Å². The summed E-state index contributed by atoms with van der Waals surface area (Å²) in [6.45, 7) is 6.84. The second-order valence-corrected chi connectivity index (χ2v) is 10.1. The van der Waals surface area contributed by atoms with Gasteiger partial charge in [-0.3, -0.25) is 9.36 Å². The predicted molar refractivity (Wildman–Crippen MR) is 136 cm³/mol. The molecule has 4 rings (SSSR count). The number of oxazole rings is 1. The van der Waals surface area contributed by atoms with Crippen LogP contribution in [0.25, 0.3) is 22.4 Å². The van der Waals surface area contributed by atoms with Crippen LogP contribution in [0.2, 0.25) is 0 Å². The molecule has 2 aromatic carbocycles. The molecule has 0 aliphatic carbocycles. The van der Waals surface area contributed by atoms with Gasteiger partial charge >= 0.3 is 0 Å². The largest absolute Gasteiger partial charge is 0.496 e. The maximum atomic E-state index is 13.2. The van der Waals surface area contributed by atoms with Crippen LogP contribution in [0.1, 0.15) is 31.7 Å². The van der Waals surface area contributed by atoms with Gasteiger partial charge in [0.05, 0.1) is 29.3 Å². The fourth-order valence-electron chi connectivity index (χ4n) is 3.50. The molecule has 0 atom stereocenters. The molecule has 0 spiro atoms. The first-order valence-electron chi connectivity index (χ1n) is 10.8. The Morgan fingerprint density at radius 3 is 2.73 bits per heavy atom. The highest BCUT2D eigenvalue weighted by Crippen LogP contribution is 2.34. The van der Waals surface area contributed by atoms with Gasteiger partial charge in [-0.1, -0.05) is 53.7 Å². The summed E-state index contributed by atoms with van der Waals surface area (Å²) in [6, 6.07) is 13.2. The van der Waals surface area contributed by atoms with Crippen molar-refractivity contribution in [1.82, 2.24) is 14.5 Å². The zero-order valence-corrected chi connectivity index (χ0v) is 21.5. The first-order chi connectivity index (χ1) is 15.9. The number of thioether (sulfide) groups is 1. The molecule has 2 heterocycles. The smallest absolute Gasteiger partial charge is 0.262 e. The van der Waals surface area contributed by atoms with E-state index >= 15 is 0 Å². The number of hydrogen-bond acceptors (Lipinski definition) is 6. The molecule has 8 heteroatoms. The third-order valence-corrected chi connectivity index (χ3v) is 6.86. The monoisotopic (exact) mass is 527 g/mol. The van der Waals surface area contributed by atoms with Crippen molar-refractivity contribution in [3.63, 3.8) is 0 Å². The lowest BCUT2D eigenvalue weighted by molar-refractivity contribution is 0.414. The van der Waals surface area contributed by atoms with Crippen LogP contribution >= 0.6 is 27.7 Å². The maximum absolute atomic E-state index is 13.2. The van der Waals surface area contributed by atoms with Crippen LogP contribution in [0, 0.1) is 12.8 Å². The molecule has 0 N–H and O–H groups in total. The lowest BCUT2D eigenvalue weighted by Gasteiger charge is -2.14. The van der Waals surface area contributed by atoms with E-state index in [4.69, 9.17) is 19.1 Å². The number of ether oxygens (including phenoxy) is 1. The van der Waals surface area contributed by atoms with Crippen LogP contribution in [-0.2, 0) is 12.3 Å². The summed E-state index contributed by atoms with van der Waals surface area (Å²) in [5.74, 6) is 2.96. The third-order valence-electron chi connectivity index (χ3n) is 5.38. The van der Waals surface area contributed by atoms with Gasteiger partial charge in [-0.25, -0.2) is 9.97 Å². The van der Waals surface area contributed by atoms with Crippen molar-refractivity contribution in [3.8, 4) is 17.2 Å². The lowest BCUT2D eigenvalue weighted by Crippen LogP contribution is -2.24. The summed E-state index contributed by atoms with van der Waals surface area (Å²) < 4.78 is 14.2. The molecule has 0 amide bonds. The molecule has 0 bridgehead atoms. The number of aromatic nitrogens is 3. The van der Waals surface area contributed by atoms with Crippen molar-refractivity contribution in [1.29, 1.82) is 0 Å². The molecule has 6 nitrogen and oxygen atoms in total. The number of hydrogen-bond donors (Lipinski definition) is 0. The topological polar surface area (TPSA) is 70.2 Å². The van der Waals surface area contributed by atoms with Crippen LogP contribution in [0.15, 0.2) is 61.3 Å². The molecule has 0 saturated heterocycles. The van der Waals surface area contributed by atoms with Gasteiger partial charge in [0.25, 0.3) is 5.56 Å². The predicted octanol–water partition coefficient (Wildman–Crippen LogP) is 6.47. The highest BCUT2D eigenvalue weighted by Gasteiger charge is 2.18. The highest BCUT2D eigenvalue weighted by molar-refractivity contribution is 9.10. The van der Waals surface area contributed by atoms with Crippen molar-refractivity contribution >= 4 is 38.6 Å². The van der Waals surface area contributed by atoms with E-state index in [1.54, 1.807) is 11.7 Å². The van der Waals surface area contributed by atoms with Gasteiger partial charge in [-0.15, -0.1) is 0 Å². The van der Waals surface area contributed by atoms with Crippen molar-refractivity contribution in [2.45, 2.75) is 44.6 Å². The highest BCUT2D eigenvalue weighted by atomic mass is 79.9. The van der Waals surface area contributed by atoms with E-state index in [2.05, 4.69) is 29.8 Å². The Labute approximate surface area is 205 Å². The van der Waals surface area contributed by atoms with E-state index in [-0.39, 0.29) is 5.56 Å². The molecule has 0 saturated carbocycles. The zero-order chi connectivity index (χ0) is 23.5. The third kappa shape index (κ3) is 5.17. The maximum Gasteiger partial charge on any atom is 0.262 e. The van der Waals surface area contributed by atoms with Crippen molar-refractivity contribution < 1.29 is 9.15 Å². The van der Waals surface area contributed by atoms with E-state index in [1.807, 2.05) is 49.4 Å².